The Balaban J connectivity index is 3.48. The third-order valence-electron chi connectivity index (χ3n) is 2.10. The smallest absolute Gasteiger partial charge is 0.305 e. The minimum absolute atomic E-state index is 0.0246. The number of carbonyl (C=O) groups is 2. The number of ether oxygens (including phenoxy) is 1. The van der Waals surface area contributed by atoms with Gasteiger partial charge in [-0.15, -0.1) is 0 Å². The van der Waals surface area contributed by atoms with E-state index >= 15 is 0 Å². The van der Waals surface area contributed by atoms with Crippen molar-refractivity contribution in [1.82, 2.24) is 5.32 Å². The molecule has 0 saturated heterocycles. The number of nitrogens with two attached hydrogens (primary N) is 1. The number of amides is 1. The molecule has 16 heavy (non-hydrogen) atoms. The van der Waals surface area contributed by atoms with Gasteiger partial charge in [-0.3, -0.25) is 9.59 Å². The Labute approximate surface area is 96.7 Å². The predicted octanol–water partition coefficient (Wildman–Crippen LogP) is 0.573. The fourth-order valence-electron chi connectivity index (χ4n) is 1.09. The monoisotopic (exact) mass is 230 g/mol. The summed E-state index contributed by atoms with van der Waals surface area (Å²) in [7, 11) is 1.35. The molecule has 0 aliphatic rings. The molecule has 5 nitrogen and oxygen atoms in total. The first kappa shape index (κ1) is 14.9. The SMILES string of the molecule is COC(=O)CCCNC(=O)CCC(C)(C)N. The molecule has 1 amide bonds. The van der Waals surface area contributed by atoms with E-state index in [1.165, 1.54) is 7.11 Å². The summed E-state index contributed by atoms with van der Waals surface area (Å²) in [6.07, 6.45) is 2.00. The van der Waals surface area contributed by atoms with Crippen molar-refractivity contribution in [2.24, 2.45) is 5.73 Å². The molecular formula is C11H22N2O3. The quantitative estimate of drug-likeness (QED) is 0.495. The van der Waals surface area contributed by atoms with Crippen LogP contribution in [0, 0.1) is 0 Å². The molecule has 0 aliphatic carbocycles. The summed E-state index contributed by atoms with van der Waals surface area (Å²) in [5.74, 6) is -0.277. The zero-order valence-electron chi connectivity index (χ0n) is 10.3. The van der Waals surface area contributed by atoms with Crippen LogP contribution in [0.3, 0.4) is 0 Å². The largest absolute Gasteiger partial charge is 0.469 e. The Kier molecular flexibility index (Phi) is 6.72. The zero-order chi connectivity index (χ0) is 12.6. The molecule has 0 atom stereocenters. The standard InChI is InChI=1S/C11H22N2O3/c1-11(2,12)7-6-9(14)13-8-4-5-10(15)16-3/h4-8,12H2,1-3H3,(H,13,14). The summed E-state index contributed by atoms with van der Waals surface area (Å²) in [5.41, 5.74) is 5.44. The van der Waals surface area contributed by atoms with Crippen molar-refractivity contribution >= 4 is 11.9 Å². The highest BCUT2D eigenvalue weighted by Crippen LogP contribution is 2.06. The van der Waals surface area contributed by atoms with Crippen LogP contribution in [0.25, 0.3) is 0 Å². The lowest BCUT2D eigenvalue weighted by Gasteiger charge is -2.17. The molecule has 0 rings (SSSR count). The summed E-state index contributed by atoms with van der Waals surface area (Å²) in [5, 5.41) is 2.73. The van der Waals surface area contributed by atoms with Crippen molar-refractivity contribution in [2.45, 2.75) is 45.1 Å². The number of hydrogen-bond donors (Lipinski definition) is 2. The second kappa shape index (κ2) is 7.22. The van der Waals surface area contributed by atoms with Gasteiger partial charge in [-0.25, -0.2) is 0 Å². The Morgan fingerprint density at radius 3 is 2.44 bits per heavy atom. The fourth-order valence-corrected chi connectivity index (χ4v) is 1.09. The average Bonchev–Trinajstić information content (AvgIpc) is 2.20. The van der Waals surface area contributed by atoms with Gasteiger partial charge in [0.2, 0.25) is 5.91 Å². The maximum Gasteiger partial charge on any atom is 0.305 e. The van der Waals surface area contributed by atoms with Crippen LogP contribution in [0.5, 0.6) is 0 Å². The summed E-state index contributed by atoms with van der Waals surface area (Å²) in [6, 6.07) is 0. The van der Waals surface area contributed by atoms with Crippen LogP contribution in [-0.4, -0.2) is 31.1 Å². The molecule has 0 saturated carbocycles. The van der Waals surface area contributed by atoms with Gasteiger partial charge in [0.1, 0.15) is 0 Å². The topological polar surface area (TPSA) is 81.4 Å². The van der Waals surface area contributed by atoms with E-state index in [1.54, 1.807) is 0 Å². The van der Waals surface area contributed by atoms with Crippen LogP contribution < -0.4 is 11.1 Å². The Morgan fingerprint density at radius 1 is 1.31 bits per heavy atom. The van der Waals surface area contributed by atoms with Gasteiger partial charge < -0.3 is 15.8 Å². The zero-order valence-corrected chi connectivity index (χ0v) is 10.3. The first-order valence-corrected chi connectivity index (χ1v) is 5.47. The number of carbonyl (C=O) groups excluding carboxylic acids is 2. The van der Waals surface area contributed by atoms with E-state index in [9.17, 15) is 9.59 Å². The van der Waals surface area contributed by atoms with Crippen LogP contribution in [0.2, 0.25) is 0 Å². The van der Waals surface area contributed by atoms with Gasteiger partial charge >= 0.3 is 5.97 Å². The van der Waals surface area contributed by atoms with Gasteiger partial charge in [-0.05, 0) is 26.7 Å². The molecule has 0 aromatic heterocycles. The van der Waals surface area contributed by atoms with E-state index in [2.05, 4.69) is 10.1 Å². The molecule has 3 N–H and O–H groups in total. The molecule has 0 spiro atoms. The Hall–Kier alpha value is -1.10. The molecule has 0 bridgehead atoms. The average molecular weight is 230 g/mol. The number of hydrogen-bond acceptors (Lipinski definition) is 4. The van der Waals surface area contributed by atoms with Gasteiger partial charge in [-0.1, -0.05) is 0 Å². The molecule has 0 aromatic rings. The van der Waals surface area contributed by atoms with Gasteiger partial charge in [0.25, 0.3) is 0 Å². The first-order chi connectivity index (χ1) is 7.35. The lowest BCUT2D eigenvalue weighted by Crippen LogP contribution is -2.34. The summed E-state index contributed by atoms with van der Waals surface area (Å²) in [6.45, 7) is 4.27. The molecule has 5 heteroatoms. The van der Waals surface area contributed by atoms with Crippen LogP contribution >= 0.6 is 0 Å². The summed E-state index contributed by atoms with van der Waals surface area (Å²) in [4.78, 5) is 22.1. The molecule has 0 aromatic carbocycles. The van der Waals surface area contributed by atoms with Crippen LogP contribution in [-0.2, 0) is 14.3 Å². The van der Waals surface area contributed by atoms with Gasteiger partial charge in [-0.2, -0.15) is 0 Å². The van der Waals surface area contributed by atoms with Crippen molar-refractivity contribution < 1.29 is 14.3 Å². The Bertz CT molecular complexity index is 234. The minimum Gasteiger partial charge on any atom is -0.469 e. The second-order valence-corrected chi connectivity index (χ2v) is 4.52. The summed E-state index contributed by atoms with van der Waals surface area (Å²) < 4.78 is 4.48. The third kappa shape index (κ3) is 9.45. The minimum atomic E-state index is -0.316. The summed E-state index contributed by atoms with van der Waals surface area (Å²) >= 11 is 0. The van der Waals surface area contributed by atoms with Crippen molar-refractivity contribution in [2.75, 3.05) is 13.7 Å². The van der Waals surface area contributed by atoms with Crippen molar-refractivity contribution in [3.05, 3.63) is 0 Å². The second-order valence-electron chi connectivity index (χ2n) is 4.52. The highest BCUT2D eigenvalue weighted by Gasteiger charge is 2.12. The third-order valence-corrected chi connectivity index (χ3v) is 2.10. The van der Waals surface area contributed by atoms with Crippen molar-refractivity contribution in [1.29, 1.82) is 0 Å². The fraction of sp³-hybridized carbons (Fsp3) is 0.818. The van der Waals surface area contributed by atoms with Crippen molar-refractivity contribution in [3.63, 3.8) is 0 Å². The first-order valence-electron chi connectivity index (χ1n) is 5.47. The van der Waals surface area contributed by atoms with Gasteiger partial charge in [0.05, 0.1) is 7.11 Å². The van der Waals surface area contributed by atoms with E-state index in [1.807, 2.05) is 13.8 Å². The van der Waals surface area contributed by atoms with Crippen molar-refractivity contribution in [3.8, 4) is 0 Å². The number of esters is 1. The molecule has 0 aliphatic heterocycles. The predicted molar refractivity (Wildman–Crippen MR) is 61.8 cm³/mol. The molecular weight excluding hydrogens is 208 g/mol. The normalized spacial score (nSPS) is 11.0. The maximum atomic E-state index is 11.3. The molecule has 94 valence electrons. The number of methoxy groups -OCH3 is 1. The lowest BCUT2D eigenvalue weighted by molar-refractivity contribution is -0.140. The maximum absolute atomic E-state index is 11.3. The van der Waals surface area contributed by atoms with Crippen LogP contribution in [0.15, 0.2) is 0 Å². The van der Waals surface area contributed by atoms with E-state index < -0.39 is 0 Å². The molecule has 0 radical (unpaired) electrons. The van der Waals surface area contributed by atoms with Gasteiger partial charge in [0, 0.05) is 24.9 Å². The highest BCUT2D eigenvalue weighted by molar-refractivity contribution is 5.76. The number of rotatable bonds is 7. The van der Waals surface area contributed by atoms with E-state index in [0.717, 1.165) is 0 Å². The Morgan fingerprint density at radius 2 is 1.94 bits per heavy atom. The van der Waals surface area contributed by atoms with E-state index in [4.69, 9.17) is 5.73 Å². The van der Waals surface area contributed by atoms with E-state index in [0.29, 0.717) is 32.2 Å². The molecule has 0 fully saturated rings. The lowest BCUT2D eigenvalue weighted by atomic mass is 10.00. The van der Waals surface area contributed by atoms with Crippen LogP contribution in [0.4, 0.5) is 0 Å². The molecule has 0 unspecified atom stereocenters. The number of nitrogens with one attached hydrogen (secondary N) is 1. The van der Waals surface area contributed by atoms with E-state index in [-0.39, 0.29) is 17.4 Å². The highest BCUT2D eigenvalue weighted by atomic mass is 16.5. The van der Waals surface area contributed by atoms with Crippen LogP contribution in [0.1, 0.15) is 39.5 Å². The molecule has 0 heterocycles. The van der Waals surface area contributed by atoms with Gasteiger partial charge in [0.15, 0.2) is 0 Å².